The van der Waals surface area contributed by atoms with Gasteiger partial charge in [-0.25, -0.2) is 0 Å². The smallest absolute Gasteiger partial charge is 0.183 e. The van der Waals surface area contributed by atoms with Crippen LogP contribution in [0.1, 0.15) is 13.3 Å². The van der Waals surface area contributed by atoms with Gasteiger partial charge in [-0.2, -0.15) is 0 Å². The molecule has 3 atom stereocenters. The van der Waals surface area contributed by atoms with Gasteiger partial charge in [0.05, 0.1) is 0 Å². The first-order chi connectivity index (χ1) is 7.66. The average Bonchev–Trinajstić information content (AvgIpc) is 2.68. The van der Waals surface area contributed by atoms with Gasteiger partial charge < -0.3 is 0 Å². The molecule has 0 aromatic rings. The van der Waals surface area contributed by atoms with Crippen molar-refractivity contribution >= 4 is 11.6 Å². The fourth-order valence-corrected chi connectivity index (χ4v) is 4.08. The first kappa shape index (κ1) is 8.68. The van der Waals surface area contributed by atoms with E-state index in [0.29, 0.717) is 5.92 Å². The average molecular weight is 212 g/mol. The number of hydrogen-bond donors (Lipinski definition) is 0. The van der Waals surface area contributed by atoms with E-state index in [0.717, 1.165) is 17.6 Å². The van der Waals surface area contributed by atoms with Crippen LogP contribution in [-0.4, -0.2) is 11.6 Å². The minimum atomic E-state index is 0.0601. The van der Waals surface area contributed by atoms with E-state index in [-0.39, 0.29) is 28.8 Å². The highest BCUT2D eigenvalue weighted by Gasteiger charge is 2.68. The van der Waals surface area contributed by atoms with Gasteiger partial charge in [0.15, 0.2) is 11.6 Å². The molecule has 1 spiro atoms. The Labute approximate surface area is 93.7 Å². The van der Waals surface area contributed by atoms with Crippen molar-refractivity contribution in [3.8, 4) is 0 Å². The zero-order valence-electron chi connectivity index (χ0n) is 9.07. The molecule has 0 amide bonds. The minimum absolute atomic E-state index is 0.0601. The molecule has 2 nitrogen and oxygen atoms in total. The van der Waals surface area contributed by atoms with Crippen molar-refractivity contribution in [3.05, 3.63) is 35.5 Å². The van der Waals surface area contributed by atoms with E-state index in [1.165, 1.54) is 12.2 Å². The lowest BCUT2D eigenvalue weighted by atomic mass is 9.86. The predicted octanol–water partition coefficient (Wildman–Crippen LogP) is 1.83. The summed E-state index contributed by atoms with van der Waals surface area (Å²) in [7, 11) is 0. The van der Waals surface area contributed by atoms with Gasteiger partial charge in [-0.15, -0.1) is 0 Å². The molecule has 16 heavy (non-hydrogen) atoms. The largest absolute Gasteiger partial charge is 0.290 e. The van der Waals surface area contributed by atoms with Crippen molar-refractivity contribution in [2.24, 2.45) is 23.2 Å². The Balaban J connectivity index is 1.92. The van der Waals surface area contributed by atoms with Crippen LogP contribution in [0.4, 0.5) is 0 Å². The topological polar surface area (TPSA) is 34.1 Å². The number of allylic oxidation sites excluding steroid dienone is 6. The zero-order valence-corrected chi connectivity index (χ0v) is 9.07. The number of rotatable bonds is 0. The Bertz CT molecular complexity index is 495. The van der Waals surface area contributed by atoms with Gasteiger partial charge in [0.2, 0.25) is 0 Å². The lowest BCUT2D eigenvalue weighted by molar-refractivity contribution is -0.115. The molecular formula is C14H12O2. The van der Waals surface area contributed by atoms with Gasteiger partial charge in [-0.3, -0.25) is 9.59 Å². The third kappa shape index (κ3) is 0.683. The van der Waals surface area contributed by atoms with Crippen molar-refractivity contribution in [3.63, 3.8) is 0 Å². The van der Waals surface area contributed by atoms with Crippen LogP contribution < -0.4 is 0 Å². The minimum Gasteiger partial charge on any atom is -0.290 e. The first-order valence-corrected chi connectivity index (χ1v) is 5.85. The standard InChI is InChI=1S/C14H12O2/c1-7-6-14(7)8-2-3-9(14)13-11(16)5-4-10(15)12(8)13/h2-5,7-9H,6H2,1H3. The van der Waals surface area contributed by atoms with Crippen LogP contribution in [0.3, 0.4) is 0 Å². The summed E-state index contributed by atoms with van der Waals surface area (Å²) in [5.74, 6) is 1.21. The summed E-state index contributed by atoms with van der Waals surface area (Å²) in [6.45, 7) is 2.23. The Kier molecular flexibility index (Phi) is 1.24. The summed E-state index contributed by atoms with van der Waals surface area (Å²) in [6.07, 6.45) is 8.34. The Morgan fingerprint density at radius 3 is 1.88 bits per heavy atom. The molecule has 4 rings (SSSR count). The molecule has 0 aromatic carbocycles. The fourth-order valence-electron chi connectivity index (χ4n) is 4.08. The SMILES string of the molecule is CC1CC12C1C=CC2C2=C1C(=O)C=CC2=O. The first-order valence-electron chi connectivity index (χ1n) is 5.85. The van der Waals surface area contributed by atoms with Gasteiger partial charge in [0, 0.05) is 23.0 Å². The molecule has 80 valence electrons. The number of fused-ring (bicyclic) bond motifs is 2. The van der Waals surface area contributed by atoms with Crippen molar-refractivity contribution in [2.45, 2.75) is 13.3 Å². The van der Waals surface area contributed by atoms with Gasteiger partial charge in [0.1, 0.15) is 0 Å². The predicted molar refractivity (Wildman–Crippen MR) is 58.5 cm³/mol. The maximum atomic E-state index is 11.9. The highest BCUT2D eigenvalue weighted by molar-refractivity contribution is 6.22. The second-order valence-corrected chi connectivity index (χ2v) is 5.45. The van der Waals surface area contributed by atoms with Crippen molar-refractivity contribution in [1.82, 2.24) is 0 Å². The fraction of sp³-hybridized carbons (Fsp3) is 0.429. The Hall–Kier alpha value is -1.44. The highest BCUT2D eigenvalue weighted by atomic mass is 16.1. The van der Waals surface area contributed by atoms with E-state index in [9.17, 15) is 9.59 Å². The van der Waals surface area contributed by atoms with Gasteiger partial charge in [-0.1, -0.05) is 19.1 Å². The molecule has 0 saturated heterocycles. The molecule has 0 heterocycles. The molecule has 2 heteroatoms. The maximum Gasteiger partial charge on any atom is 0.183 e. The number of hydrogen-bond acceptors (Lipinski definition) is 2. The summed E-state index contributed by atoms with van der Waals surface area (Å²) in [5.41, 5.74) is 1.83. The molecule has 0 N–H and O–H groups in total. The molecule has 0 radical (unpaired) electrons. The summed E-state index contributed by atoms with van der Waals surface area (Å²) in [6, 6.07) is 0. The number of carbonyl (C=O) groups excluding carboxylic acids is 2. The Morgan fingerprint density at radius 1 is 1.06 bits per heavy atom. The number of ketones is 2. The van der Waals surface area contributed by atoms with Crippen LogP contribution in [0.2, 0.25) is 0 Å². The van der Waals surface area contributed by atoms with E-state index in [1.807, 2.05) is 0 Å². The lowest BCUT2D eigenvalue weighted by Crippen LogP contribution is -2.17. The molecule has 4 aliphatic rings. The summed E-state index contributed by atoms with van der Waals surface area (Å²) < 4.78 is 0. The molecule has 0 aliphatic heterocycles. The van der Waals surface area contributed by atoms with E-state index in [1.54, 1.807) is 0 Å². The maximum absolute atomic E-state index is 11.9. The molecule has 3 unspecified atom stereocenters. The quantitative estimate of drug-likeness (QED) is 0.453. The normalized spacial score (nSPS) is 47.2. The summed E-state index contributed by atoms with van der Waals surface area (Å²) >= 11 is 0. The molecule has 4 aliphatic carbocycles. The third-order valence-corrected chi connectivity index (χ3v) is 4.90. The van der Waals surface area contributed by atoms with E-state index >= 15 is 0 Å². The van der Waals surface area contributed by atoms with Gasteiger partial charge in [-0.05, 0) is 29.9 Å². The Morgan fingerprint density at radius 2 is 1.50 bits per heavy atom. The lowest BCUT2D eigenvalue weighted by Gasteiger charge is -2.16. The van der Waals surface area contributed by atoms with Crippen LogP contribution in [-0.2, 0) is 9.59 Å². The van der Waals surface area contributed by atoms with E-state index in [2.05, 4.69) is 19.1 Å². The van der Waals surface area contributed by atoms with Crippen molar-refractivity contribution in [1.29, 1.82) is 0 Å². The van der Waals surface area contributed by atoms with Crippen LogP contribution >= 0.6 is 0 Å². The second kappa shape index (κ2) is 2.29. The van der Waals surface area contributed by atoms with Crippen LogP contribution in [0.15, 0.2) is 35.5 Å². The summed E-state index contributed by atoms with van der Waals surface area (Å²) in [5, 5.41) is 0. The van der Waals surface area contributed by atoms with Crippen molar-refractivity contribution in [2.75, 3.05) is 0 Å². The monoisotopic (exact) mass is 212 g/mol. The molecule has 1 fully saturated rings. The van der Waals surface area contributed by atoms with Crippen LogP contribution in [0.25, 0.3) is 0 Å². The zero-order chi connectivity index (χ0) is 11.1. The van der Waals surface area contributed by atoms with Crippen molar-refractivity contribution < 1.29 is 9.59 Å². The van der Waals surface area contributed by atoms with Crippen LogP contribution in [0.5, 0.6) is 0 Å². The molecule has 2 bridgehead atoms. The van der Waals surface area contributed by atoms with Gasteiger partial charge >= 0.3 is 0 Å². The summed E-state index contributed by atoms with van der Waals surface area (Å²) in [4.78, 5) is 23.8. The highest BCUT2D eigenvalue weighted by Crippen LogP contribution is 2.73. The van der Waals surface area contributed by atoms with Crippen LogP contribution in [0, 0.1) is 23.2 Å². The van der Waals surface area contributed by atoms with E-state index < -0.39 is 0 Å². The number of carbonyl (C=O) groups is 2. The molecular weight excluding hydrogens is 200 g/mol. The van der Waals surface area contributed by atoms with E-state index in [4.69, 9.17) is 0 Å². The third-order valence-electron chi connectivity index (χ3n) is 4.90. The molecule has 1 saturated carbocycles. The molecule has 0 aromatic heterocycles. The van der Waals surface area contributed by atoms with Gasteiger partial charge in [0.25, 0.3) is 0 Å². The second-order valence-electron chi connectivity index (χ2n) is 5.45.